The van der Waals surface area contributed by atoms with Crippen LogP contribution in [0.4, 0.5) is 10.8 Å². The fourth-order valence-electron chi connectivity index (χ4n) is 1.66. The van der Waals surface area contributed by atoms with Gasteiger partial charge in [0.2, 0.25) is 0 Å². The molecule has 0 amide bonds. The molecule has 2 aromatic heterocycles. The van der Waals surface area contributed by atoms with Crippen molar-refractivity contribution in [2.24, 2.45) is 0 Å². The van der Waals surface area contributed by atoms with Gasteiger partial charge in [-0.1, -0.05) is 35.3 Å². The Morgan fingerprint density at radius 2 is 1.76 bits per heavy atom. The predicted molar refractivity (Wildman–Crippen MR) is 92.3 cm³/mol. The van der Waals surface area contributed by atoms with Crippen molar-refractivity contribution in [3.63, 3.8) is 0 Å². The number of halogens is 3. The van der Waals surface area contributed by atoms with E-state index in [-0.39, 0.29) is 12.4 Å². The van der Waals surface area contributed by atoms with Gasteiger partial charge in [-0.2, -0.15) is 0 Å². The second-order valence-electron chi connectivity index (χ2n) is 4.04. The molecule has 2 heterocycles. The van der Waals surface area contributed by atoms with E-state index in [1.54, 1.807) is 12.3 Å². The number of benzene rings is 1. The van der Waals surface area contributed by atoms with Crippen LogP contribution in [0.1, 0.15) is 0 Å². The Hall–Kier alpha value is -1.33. The highest BCUT2D eigenvalue weighted by atomic mass is 35.5. The van der Waals surface area contributed by atoms with Crippen molar-refractivity contribution in [3.8, 4) is 11.3 Å². The maximum absolute atomic E-state index is 5.88. The first-order valence-electron chi connectivity index (χ1n) is 5.81. The third kappa shape index (κ3) is 4.08. The van der Waals surface area contributed by atoms with Crippen LogP contribution >= 0.6 is 46.9 Å². The molecule has 108 valence electrons. The van der Waals surface area contributed by atoms with Crippen molar-refractivity contribution in [1.29, 1.82) is 0 Å². The van der Waals surface area contributed by atoms with Crippen molar-refractivity contribution in [1.82, 2.24) is 9.97 Å². The molecule has 0 unspecified atom stereocenters. The number of nitrogens with zero attached hydrogens (tertiary/aromatic N) is 2. The number of anilines is 2. The zero-order valence-electron chi connectivity index (χ0n) is 10.6. The van der Waals surface area contributed by atoms with E-state index in [9.17, 15) is 0 Å². The summed E-state index contributed by atoms with van der Waals surface area (Å²) in [6, 6.07) is 11.2. The summed E-state index contributed by atoms with van der Waals surface area (Å²) in [6.45, 7) is 0. The summed E-state index contributed by atoms with van der Waals surface area (Å²) < 4.78 is 0. The van der Waals surface area contributed by atoms with Gasteiger partial charge >= 0.3 is 0 Å². The summed E-state index contributed by atoms with van der Waals surface area (Å²) in [6.07, 6.45) is 1.67. The number of thiazole rings is 1. The van der Waals surface area contributed by atoms with Gasteiger partial charge in [0, 0.05) is 16.0 Å². The molecule has 1 N–H and O–H groups in total. The zero-order valence-corrected chi connectivity index (χ0v) is 13.7. The molecule has 0 aliphatic heterocycles. The van der Waals surface area contributed by atoms with Gasteiger partial charge in [-0.15, -0.1) is 23.7 Å². The van der Waals surface area contributed by atoms with Gasteiger partial charge in [0.15, 0.2) is 5.13 Å². The molecular formula is C14H10Cl3N3S. The maximum Gasteiger partial charge on any atom is 0.187 e. The van der Waals surface area contributed by atoms with E-state index in [1.807, 2.05) is 35.7 Å². The Balaban J connectivity index is 0.00000161. The largest absolute Gasteiger partial charge is 0.330 e. The van der Waals surface area contributed by atoms with E-state index in [4.69, 9.17) is 23.2 Å². The van der Waals surface area contributed by atoms with Crippen LogP contribution in [-0.4, -0.2) is 9.97 Å². The van der Waals surface area contributed by atoms with Crippen LogP contribution in [0.2, 0.25) is 10.2 Å². The lowest BCUT2D eigenvalue weighted by Crippen LogP contribution is -1.90. The molecule has 0 atom stereocenters. The molecule has 0 bridgehead atoms. The first-order valence-corrected chi connectivity index (χ1v) is 7.44. The molecule has 0 aliphatic rings. The number of hydrogen-bond acceptors (Lipinski definition) is 4. The van der Waals surface area contributed by atoms with Crippen LogP contribution in [0.5, 0.6) is 0 Å². The Labute approximate surface area is 142 Å². The molecular weight excluding hydrogens is 349 g/mol. The maximum atomic E-state index is 5.88. The highest BCUT2D eigenvalue weighted by molar-refractivity contribution is 7.14. The smallest absolute Gasteiger partial charge is 0.187 e. The number of hydrogen-bond donors (Lipinski definition) is 1. The monoisotopic (exact) mass is 357 g/mol. The molecule has 0 spiro atoms. The van der Waals surface area contributed by atoms with Crippen LogP contribution in [0.3, 0.4) is 0 Å². The van der Waals surface area contributed by atoms with Gasteiger partial charge in [-0.25, -0.2) is 9.97 Å². The van der Waals surface area contributed by atoms with E-state index in [0.29, 0.717) is 5.15 Å². The molecule has 0 aliphatic carbocycles. The summed E-state index contributed by atoms with van der Waals surface area (Å²) in [5.74, 6) is 0. The van der Waals surface area contributed by atoms with Gasteiger partial charge in [0.25, 0.3) is 0 Å². The summed E-state index contributed by atoms with van der Waals surface area (Å²) in [5, 5.41) is 7.18. The summed E-state index contributed by atoms with van der Waals surface area (Å²) >= 11 is 13.2. The molecule has 1 aromatic carbocycles. The van der Waals surface area contributed by atoms with E-state index >= 15 is 0 Å². The van der Waals surface area contributed by atoms with E-state index < -0.39 is 0 Å². The fourth-order valence-corrected chi connectivity index (χ4v) is 2.64. The standard InChI is InChI=1S/C14H9Cl2N3S.ClH/c15-10-3-1-9(2-4-10)12-8-20-14(19-12)18-11-5-6-13(16)17-7-11;/h1-8H,(H,18,19);1H. The van der Waals surface area contributed by atoms with Crippen molar-refractivity contribution in [3.05, 3.63) is 58.2 Å². The topological polar surface area (TPSA) is 37.8 Å². The van der Waals surface area contributed by atoms with E-state index in [1.165, 1.54) is 11.3 Å². The predicted octanol–water partition coefficient (Wildman–Crippen LogP) is 5.68. The number of pyridine rings is 1. The number of rotatable bonds is 3. The van der Waals surface area contributed by atoms with Gasteiger partial charge in [-0.3, -0.25) is 0 Å². The molecule has 0 radical (unpaired) electrons. The van der Waals surface area contributed by atoms with Gasteiger partial charge in [0.1, 0.15) is 5.15 Å². The fraction of sp³-hybridized carbons (Fsp3) is 0. The quantitative estimate of drug-likeness (QED) is 0.612. The summed E-state index contributed by atoms with van der Waals surface area (Å²) in [5.41, 5.74) is 2.80. The van der Waals surface area contributed by atoms with E-state index in [0.717, 1.165) is 27.1 Å². The van der Waals surface area contributed by atoms with Crippen LogP contribution < -0.4 is 5.32 Å². The SMILES string of the molecule is Cl.Clc1ccc(-c2csc(Nc3ccc(Cl)nc3)n2)cc1. The van der Waals surface area contributed by atoms with Crippen LogP contribution in [-0.2, 0) is 0 Å². The average molecular weight is 359 g/mol. The Morgan fingerprint density at radius 3 is 2.43 bits per heavy atom. The lowest BCUT2D eigenvalue weighted by Gasteiger charge is -2.01. The molecule has 3 aromatic rings. The van der Waals surface area contributed by atoms with Crippen LogP contribution in [0.15, 0.2) is 48.0 Å². The Kier molecular flexibility index (Phi) is 5.42. The zero-order chi connectivity index (χ0) is 13.9. The molecule has 21 heavy (non-hydrogen) atoms. The van der Waals surface area contributed by atoms with Crippen molar-refractivity contribution < 1.29 is 0 Å². The third-order valence-corrected chi connectivity index (χ3v) is 3.86. The molecule has 3 rings (SSSR count). The van der Waals surface area contributed by atoms with Crippen molar-refractivity contribution >= 4 is 57.8 Å². The molecule has 0 saturated carbocycles. The normalized spacial score (nSPS) is 10.0. The lowest BCUT2D eigenvalue weighted by molar-refractivity contribution is 1.31. The van der Waals surface area contributed by atoms with Gasteiger partial charge in [0.05, 0.1) is 17.6 Å². The first-order chi connectivity index (χ1) is 9.70. The van der Waals surface area contributed by atoms with Gasteiger partial charge in [-0.05, 0) is 24.3 Å². The molecule has 0 fully saturated rings. The second-order valence-corrected chi connectivity index (χ2v) is 5.72. The highest BCUT2D eigenvalue weighted by Crippen LogP contribution is 2.27. The third-order valence-electron chi connectivity index (χ3n) is 2.62. The highest BCUT2D eigenvalue weighted by Gasteiger charge is 2.05. The molecule has 3 nitrogen and oxygen atoms in total. The average Bonchev–Trinajstić information content (AvgIpc) is 2.91. The molecule has 7 heteroatoms. The number of aromatic nitrogens is 2. The second kappa shape index (κ2) is 7.09. The number of nitrogens with one attached hydrogen (secondary N) is 1. The van der Waals surface area contributed by atoms with E-state index in [2.05, 4.69) is 15.3 Å². The Morgan fingerprint density at radius 1 is 1.00 bits per heavy atom. The molecule has 0 saturated heterocycles. The van der Waals surface area contributed by atoms with Crippen molar-refractivity contribution in [2.45, 2.75) is 0 Å². The van der Waals surface area contributed by atoms with Crippen LogP contribution in [0.25, 0.3) is 11.3 Å². The van der Waals surface area contributed by atoms with Crippen molar-refractivity contribution in [2.75, 3.05) is 5.32 Å². The van der Waals surface area contributed by atoms with Crippen LogP contribution in [0, 0.1) is 0 Å². The lowest BCUT2D eigenvalue weighted by atomic mass is 10.2. The minimum Gasteiger partial charge on any atom is -0.330 e. The summed E-state index contributed by atoms with van der Waals surface area (Å²) in [7, 11) is 0. The minimum absolute atomic E-state index is 0. The Bertz CT molecular complexity index is 711. The summed E-state index contributed by atoms with van der Waals surface area (Å²) in [4.78, 5) is 8.55. The first kappa shape index (κ1) is 16.0. The van der Waals surface area contributed by atoms with Gasteiger partial charge < -0.3 is 5.32 Å². The minimum atomic E-state index is 0.